The van der Waals surface area contributed by atoms with E-state index in [4.69, 9.17) is 4.42 Å². The van der Waals surface area contributed by atoms with Crippen LogP contribution in [-0.2, 0) is 6.54 Å². The lowest BCUT2D eigenvalue weighted by atomic mass is 10.1. The number of nitrogens with zero attached hydrogens (tertiary/aromatic N) is 1. The molecule has 2 aromatic carbocycles. The molecular formula is C21H21NO. The number of para-hydroxylation sites is 1. The van der Waals surface area contributed by atoms with Gasteiger partial charge in [0.25, 0.3) is 0 Å². The van der Waals surface area contributed by atoms with Crippen LogP contribution in [-0.4, -0.2) is 18.5 Å². The smallest absolute Gasteiger partial charge is 0.138 e. The van der Waals surface area contributed by atoms with Crippen molar-refractivity contribution in [3.05, 3.63) is 90.2 Å². The largest absolute Gasteiger partial charge is 0.464 e. The summed E-state index contributed by atoms with van der Waals surface area (Å²) in [4.78, 5) is 2.27. The first kappa shape index (κ1) is 15.3. The predicted molar refractivity (Wildman–Crippen MR) is 97.2 cm³/mol. The number of fused-ring (bicyclic) bond motifs is 1. The molecule has 0 spiro atoms. The zero-order valence-corrected chi connectivity index (χ0v) is 13.4. The standard InChI is InChI=1S/C21H21NO/c1-22(15-7-3-6-11-18-9-4-2-5-10-18)17-20-13-8-12-19-14-16-23-21(19)20/h2-14,16H,15,17H2,1H3/b7-3+,11-6+. The molecule has 0 atom stereocenters. The fourth-order valence-electron chi connectivity index (χ4n) is 2.59. The Morgan fingerprint density at radius 2 is 1.83 bits per heavy atom. The normalized spacial score (nSPS) is 12.1. The van der Waals surface area contributed by atoms with Crippen LogP contribution in [0.25, 0.3) is 17.0 Å². The molecule has 0 unspecified atom stereocenters. The van der Waals surface area contributed by atoms with Crippen molar-refractivity contribution in [1.82, 2.24) is 4.90 Å². The lowest BCUT2D eigenvalue weighted by molar-refractivity contribution is 0.362. The fraction of sp³-hybridized carbons (Fsp3) is 0.143. The highest BCUT2D eigenvalue weighted by molar-refractivity contribution is 5.80. The van der Waals surface area contributed by atoms with Crippen LogP contribution in [0.5, 0.6) is 0 Å². The third kappa shape index (κ3) is 4.21. The average molecular weight is 303 g/mol. The molecule has 0 aliphatic rings. The van der Waals surface area contributed by atoms with E-state index < -0.39 is 0 Å². The van der Waals surface area contributed by atoms with Crippen molar-refractivity contribution >= 4 is 17.0 Å². The van der Waals surface area contributed by atoms with Gasteiger partial charge in [-0.25, -0.2) is 0 Å². The highest BCUT2D eigenvalue weighted by Crippen LogP contribution is 2.20. The van der Waals surface area contributed by atoms with E-state index in [-0.39, 0.29) is 0 Å². The van der Waals surface area contributed by atoms with E-state index in [0.29, 0.717) is 0 Å². The van der Waals surface area contributed by atoms with Gasteiger partial charge in [-0.15, -0.1) is 0 Å². The van der Waals surface area contributed by atoms with Crippen LogP contribution in [0.3, 0.4) is 0 Å². The van der Waals surface area contributed by atoms with Crippen molar-refractivity contribution < 1.29 is 4.42 Å². The molecule has 1 aromatic heterocycles. The zero-order valence-electron chi connectivity index (χ0n) is 13.4. The molecule has 0 aliphatic carbocycles. The molecule has 0 saturated heterocycles. The Kier molecular flexibility index (Phi) is 5.07. The lowest BCUT2D eigenvalue weighted by Gasteiger charge is -2.14. The Labute approximate surface area is 137 Å². The minimum atomic E-state index is 0.873. The Morgan fingerprint density at radius 3 is 2.70 bits per heavy atom. The van der Waals surface area contributed by atoms with Crippen molar-refractivity contribution in [3.63, 3.8) is 0 Å². The van der Waals surface area contributed by atoms with E-state index in [2.05, 4.69) is 66.6 Å². The SMILES string of the molecule is CN(C/C=C/C=C/c1ccccc1)Cc1cccc2ccoc12. The van der Waals surface area contributed by atoms with Crippen LogP contribution < -0.4 is 0 Å². The quantitative estimate of drug-likeness (QED) is 0.587. The first-order valence-electron chi connectivity index (χ1n) is 7.85. The summed E-state index contributed by atoms with van der Waals surface area (Å²) in [6.45, 7) is 1.77. The molecule has 2 nitrogen and oxygen atoms in total. The maximum absolute atomic E-state index is 5.59. The molecule has 0 saturated carbocycles. The van der Waals surface area contributed by atoms with Crippen molar-refractivity contribution in [2.75, 3.05) is 13.6 Å². The number of furan rings is 1. The van der Waals surface area contributed by atoms with Crippen LogP contribution >= 0.6 is 0 Å². The second-order valence-electron chi connectivity index (χ2n) is 5.65. The number of likely N-dealkylation sites (N-methyl/N-ethyl adjacent to an activating group) is 1. The maximum Gasteiger partial charge on any atom is 0.138 e. The number of rotatable bonds is 6. The topological polar surface area (TPSA) is 16.4 Å². The monoisotopic (exact) mass is 303 g/mol. The maximum atomic E-state index is 5.59. The Balaban J connectivity index is 1.53. The molecule has 0 aliphatic heterocycles. The van der Waals surface area contributed by atoms with E-state index in [1.807, 2.05) is 24.3 Å². The van der Waals surface area contributed by atoms with Gasteiger partial charge in [-0.05, 0) is 18.7 Å². The summed E-state index contributed by atoms with van der Waals surface area (Å²) in [7, 11) is 2.12. The van der Waals surface area contributed by atoms with Crippen LogP contribution in [0.15, 0.2) is 83.5 Å². The van der Waals surface area contributed by atoms with Gasteiger partial charge >= 0.3 is 0 Å². The number of hydrogen-bond donors (Lipinski definition) is 0. The Hall–Kier alpha value is -2.58. The van der Waals surface area contributed by atoms with E-state index in [9.17, 15) is 0 Å². The predicted octanol–water partition coefficient (Wildman–Crippen LogP) is 5.13. The Morgan fingerprint density at radius 1 is 0.957 bits per heavy atom. The van der Waals surface area contributed by atoms with Crippen molar-refractivity contribution in [3.8, 4) is 0 Å². The minimum Gasteiger partial charge on any atom is -0.464 e. The van der Waals surface area contributed by atoms with E-state index in [1.165, 1.54) is 11.1 Å². The van der Waals surface area contributed by atoms with E-state index in [0.717, 1.165) is 24.1 Å². The molecule has 2 heteroatoms. The molecule has 3 aromatic rings. The summed E-state index contributed by atoms with van der Waals surface area (Å²) in [6, 6.07) is 18.6. The van der Waals surface area contributed by atoms with Crippen LogP contribution in [0.4, 0.5) is 0 Å². The third-order valence-corrected chi connectivity index (χ3v) is 3.75. The van der Waals surface area contributed by atoms with E-state index in [1.54, 1.807) is 6.26 Å². The number of allylic oxidation sites excluding steroid dienone is 2. The molecule has 0 bridgehead atoms. The van der Waals surface area contributed by atoms with Crippen molar-refractivity contribution in [2.24, 2.45) is 0 Å². The molecule has 23 heavy (non-hydrogen) atoms. The Bertz CT molecular complexity index is 799. The first-order chi connectivity index (χ1) is 11.3. The van der Waals surface area contributed by atoms with Gasteiger partial charge in [0.15, 0.2) is 0 Å². The summed E-state index contributed by atoms with van der Waals surface area (Å²) >= 11 is 0. The van der Waals surface area contributed by atoms with Gasteiger partial charge < -0.3 is 4.42 Å². The molecule has 3 rings (SSSR count). The molecular weight excluding hydrogens is 282 g/mol. The second kappa shape index (κ2) is 7.61. The molecule has 0 fully saturated rings. The van der Waals surface area contributed by atoms with Crippen LogP contribution in [0.1, 0.15) is 11.1 Å². The van der Waals surface area contributed by atoms with Crippen LogP contribution in [0.2, 0.25) is 0 Å². The number of hydrogen-bond acceptors (Lipinski definition) is 2. The van der Waals surface area contributed by atoms with Gasteiger partial charge in [-0.2, -0.15) is 0 Å². The lowest BCUT2D eigenvalue weighted by Crippen LogP contribution is -2.17. The second-order valence-corrected chi connectivity index (χ2v) is 5.65. The van der Waals surface area contributed by atoms with Gasteiger partial charge in [0, 0.05) is 24.0 Å². The van der Waals surface area contributed by atoms with Gasteiger partial charge in [-0.3, -0.25) is 4.90 Å². The summed E-state index contributed by atoms with van der Waals surface area (Å²) in [5, 5.41) is 1.16. The fourth-order valence-corrected chi connectivity index (χ4v) is 2.59. The molecule has 0 N–H and O–H groups in total. The zero-order chi connectivity index (χ0) is 15.9. The van der Waals surface area contributed by atoms with Crippen molar-refractivity contribution in [1.29, 1.82) is 0 Å². The summed E-state index contributed by atoms with van der Waals surface area (Å²) in [6.07, 6.45) is 10.2. The van der Waals surface area contributed by atoms with Gasteiger partial charge in [0.05, 0.1) is 6.26 Å². The van der Waals surface area contributed by atoms with E-state index >= 15 is 0 Å². The average Bonchev–Trinajstić information content (AvgIpc) is 3.05. The first-order valence-corrected chi connectivity index (χ1v) is 7.85. The third-order valence-electron chi connectivity index (χ3n) is 3.75. The van der Waals surface area contributed by atoms with Crippen LogP contribution in [0, 0.1) is 0 Å². The summed E-state index contributed by atoms with van der Waals surface area (Å²) in [5.74, 6) is 0. The molecule has 1 heterocycles. The van der Waals surface area contributed by atoms with Gasteiger partial charge in [0.1, 0.15) is 5.58 Å². The molecule has 0 radical (unpaired) electrons. The van der Waals surface area contributed by atoms with Gasteiger partial charge in [-0.1, -0.05) is 72.8 Å². The number of benzene rings is 2. The van der Waals surface area contributed by atoms with Gasteiger partial charge in [0.2, 0.25) is 0 Å². The minimum absolute atomic E-state index is 0.873. The molecule has 0 amide bonds. The highest BCUT2D eigenvalue weighted by Gasteiger charge is 2.05. The highest BCUT2D eigenvalue weighted by atomic mass is 16.3. The molecule has 116 valence electrons. The summed E-state index contributed by atoms with van der Waals surface area (Å²) in [5.41, 5.74) is 3.44. The summed E-state index contributed by atoms with van der Waals surface area (Å²) < 4.78 is 5.59. The van der Waals surface area contributed by atoms with Crippen molar-refractivity contribution in [2.45, 2.75) is 6.54 Å².